The van der Waals surface area contributed by atoms with Crippen molar-refractivity contribution in [2.45, 2.75) is 78.3 Å². The minimum atomic E-state index is -6.42. The first-order chi connectivity index (χ1) is 19.8. The Hall–Kier alpha value is -2.94. The molecule has 1 saturated heterocycles. The number of rotatable bonds is 4. The van der Waals surface area contributed by atoms with E-state index < -0.39 is 78.8 Å². The molecule has 0 bridgehead atoms. The molecule has 2 atom stereocenters. The van der Waals surface area contributed by atoms with Crippen LogP contribution in [-0.4, -0.2) is 61.5 Å². The molecule has 0 radical (unpaired) electrons. The van der Waals surface area contributed by atoms with Gasteiger partial charge in [-0.3, -0.25) is 4.79 Å². The van der Waals surface area contributed by atoms with Crippen LogP contribution in [0.15, 0.2) is 47.4 Å². The van der Waals surface area contributed by atoms with Gasteiger partial charge in [-0.15, -0.1) is 0 Å². The van der Waals surface area contributed by atoms with E-state index in [1.807, 2.05) is 6.92 Å². The monoisotopic (exact) mass is 641 g/mol. The Morgan fingerprint density at radius 3 is 2.09 bits per heavy atom. The molecule has 0 aromatic heterocycles. The second kappa shape index (κ2) is 10.0. The first-order valence-corrected chi connectivity index (χ1v) is 14.9. The summed E-state index contributed by atoms with van der Waals surface area (Å²) in [6, 6.07) is 3.24. The quantitative estimate of drug-likeness (QED) is 0.341. The number of alkyl halides is 7. The molecule has 2 aliphatic heterocycles. The van der Waals surface area contributed by atoms with E-state index in [1.54, 1.807) is 0 Å². The highest BCUT2D eigenvalue weighted by Gasteiger charge is 2.74. The predicted molar refractivity (Wildman–Crippen MR) is 135 cm³/mol. The molecule has 0 spiro atoms. The van der Waals surface area contributed by atoms with Crippen LogP contribution in [0.2, 0.25) is 0 Å². The summed E-state index contributed by atoms with van der Waals surface area (Å²) in [5, 5.41) is 11.2. The molecule has 43 heavy (non-hydrogen) atoms. The highest BCUT2D eigenvalue weighted by molar-refractivity contribution is 7.92. The van der Waals surface area contributed by atoms with E-state index in [9.17, 15) is 53.4 Å². The summed E-state index contributed by atoms with van der Waals surface area (Å²) in [5.74, 6) is -2.06. The van der Waals surface area contributed by atoms with Crippen molar-refractivity contribution in [2.24, 2.45) is 5.92 Å². The summed E-state index contributed by atoms with van der Waals surface area (Å²) in [7, 11) is -4.68. The van der Waals surface area contributed by atoms with Gasteiger partial charge >= 0.3 is 18.0 Å². The van der Waals surface area contributed by atoms with Gasteiger partial charge < -0.3 is 14.7 Å². The van der Waals surface area contributed by atoms with Crippen molar-refractivity contribution in [1.29, 1.82) is 0 Å². The number of halogens is 8. The Morgan fingerprint density at radius 1 is 0.953 bits per heavy atom. The first kappa shape index (κ1) is 31.5. The molecule has 2 unspecified atom stereocenters. The van der Waals surface area contributed by atoms with E-state index in [4.69, 9.17) is 4.74 Å². The average Bonchev–Trinajstić information content (AvgIpc) is 3.34. The van der Waals surface area contributed by atoms with Crippen molar-refractivity contribution in [3.63, 3.8) is 0 Å². The summed E-state index contributed by atoms with van der Waals surface area (Å²) < 4.78 is 142. The number of carbonyl (C=O) groups excluding carboxylic acids is 1. The highest BCUT2D eigenvalue weighted by Crippen LogP contribution is 2.57. The number of benzene rings is 2. The molecule has 236 valence electrons. The molecule has 2 fully saturated rings. The summed E-state index contributed by atoms with van der Waals surface area (Å²) in [4.78, 5) is 14.4. The largest absolute Gasteiger partial charge is 0.491 e. The molecule has 6 nitrogen and oxygen atoms in total. The van der Waals surface area contributed by atoms with Gasteiger partial charge in [0.1, 0.15) is 28.5 Å². The van der Waals surface area contributed by atoms with Gasteiger partial charge in [0.15, 0.2) is 9.84 Å². The van der Waals surface area contributed by atoms with Gasteiger partial charge in [-0.1, -0.05) is 19.1 Å². The van der Waals surface area contributed by atoms with Gasteiger partial charge in [-0.25, -0.2) is 17.2 Å². The van der Waals surface area contributed by atoms with Crippen molar-refractivity contribution in [3.8, 4) is 5.75 Å². The maximum absolute atomic E-state index is 14.9. The number of carbonyl (C=O) groups is 1. The molecule has 2 aromatic rings. The van der Waals surface area contributed by atoms with E-state index in [1.165, 1.54) is 0 Å². The number of aliphatic hydroxyl groups is 1. The van der Waals surface area contributed by atoms with Crippen LogP contribution in [0, 0.1) is 11.7 Å². The van der Waals surface area contributed by atoms with E-state index >= 15 is 0 Å². The van der Waals surface area contributed by atoms with Gasteiger partial charge in [0.25, 0.3) is 5.91 Å². The highest BCUT2D eigenvalue weighted by atomic mass is 32.2. The van der Waals surface area contributed by atoms with Crippen molar-refractivity contribution < 1.29 is 58.2 Å². The Balaban J connectivity index is 1.67. The van der Waals surface area contributed by atoms with Crippen LogP contribution in [0.4, 0.5) is 35.1 Å². The number of amides is 1. The van der Waals surface area contributed by atoms with Crippen molar-refractivity contribution >= 4 is 15.7 Å². The summed E-state index contributed by atoms with van der Waals surface area (Å²) in [6.07, 6.45) is -12.0. The SMILES string of the molecule is CC1CCC(O)(C(=O)N2CCC3(S(=O)(=O)c4ccc(F)cc4)c4ccc(C(F)(C(F)(F)F)C(F)(F)F)cc4OCC23)CC1. The average molecular weight is 642 g/mol. The Bertz CT molecular complexity index is 1500. The summed E-state index contributed by atoms with van der Waals surface area (Å²) in [6.45, 7) is 0.987. The summed E-state index contributed by atoms with van der Waals surface area (Å²) >= 11 is 0. The van der Waals surface area contributed by atoms with Crippen molar-refractivity contribution in [1.82, 2.24) is 4.90 Å². The molecule has 15 heteroatoms. The number of hydrogen-bond acceptors (Lipinski definition) is 5. The third kappa shape index (κ3) is 4.59. The van der Waals surface area contributed by atoms with Crippen LogP contribution in [0.3, 0.4) is 0 Å². The Morgan fingerprint density at radius 2 is 1.53 bits per heavy atom. The zero-order chi connectivity index (χ0) is 31.8. The number of likely N-dealkylation sites (tertiary alicyclic amines) is 1. The number of hydrogen-bond donors (Lipinski definition) is 1. The van der Waals surface area contributed by atoms with E-state index in [0.29, 0.717) is 18.9 Å². The molecule has 1 aliphatic carbocycles. The fourth-order valence-corrected chi connectivity index (χ4v) is 8.79. The minimum Gasteiger partial charge on any atom is -0.491 e. The van der Waals surface area contributed by atoms with Gasteiger partial charge in [-0.05, 0) is 68.4 Å². The van der Waals surface area contributed by atoms with Crippen LogP contribution >= 0.6 is 0 Å². The second-order valence-electron chi connectivity index (χ2n) is 11.5. The molecule has 1 saturated carbocycles. The lowest BCUT2D eigenvalue weighted by molar-refractivity contribution is -0.348. The van der Waals surface area contributed by atoms with Crippen LogP contribution in [0.5, 0.6) is 5.75 Å². The maximum atomic E-state index is 14.9. The van der Waals surface area contributed by atoms with Crippen LogP contribution in [0.25, 0.3) is 0 Å². The number of sulfone groups is 1. The van der Waals surface area contributed by atoms with Gasteiger partial charge in [0, 0.05) is 17.7 Å². The van der Waals surface area contributed by atoms with Gasteiger partial charge in [0.05, 0.1) is 10.9 Å². The summed E-state index contributed by atoms with van der Waals surface area (Å²) in [5.41, 5.74) is -9.87. The number of ether oxygens (including phenoxy) is 1. The molecule has 3 aliphatic rings. The van der Waals surface area contributed by atoms with Gasteiger partial charge in [0.2, 0.25) is 0 Å². The number of fused-ring (bicyclic) bond motifs is 3. The van der Waals surface area contributed by atoms with E-state index in [-0.39, 0.29) is 49.4 Å². The first-order valence-electron chi connectivity index (χ1n) is 13.4. The fraction of sp³-hybridized carbons (Fsp3) is 0.536. The Kier molecular flexibility index (Phi) is 7.35. The third-order valence-electron chi connectivity index (χ3n) is 9.02. The molecular formula is C28H27F8NO5S. The van der Waals surface area contributed by atoms with Crippen LogP contribution in [0.1, 0.15) is 50.2 Å². The molecule has 5 rings (SSSR count). The van der Waals surface area contributed by atoms with E-state index in [2.05, 4.69) is 0 Å². The lowest BCUT2D eigenvalue weighted by Gasteiger charge is -2.44. The maximum Gasteiger partial charge on any atom is 0.435 e. The van der Waals surface area contributed by atoms with E-state index in [0.717, 1.165) is 29.2 Å². The molecule has 2 aromatic carbocycles. The lowest BCUT2D eigenvalue weighted by Crippen LogP contribution is -2.59. The molecule has 1 N–H and O–H groups in total. The van der Waals surface area contributed by atoms with Crippen LogP contribution < -0.4 is 4.74 Å². The fourth-order valence-electron chi connectivity index (χ4n) is 6.51. The normalized spacial score (nSPS) is 28.2. The predicted octanol–water partition coefficient (Wildman–Crippen LogP) is 5.72. The van der Waals surface area contributed by atoms with Crippen LogP contribution in [-0.2, 0) is 25.0 Å². The minimum absolute atomic E-state index is 0.0994. The number of nitrogens with zero attached hydrogens (tertiary/aromatic N) is 1. The second-order valence-corrected chi connectivity index (χ2v) is 13.7. The molecule has 1 amide bonds. The van der Waals surface area contributed by atoms with Crippen molar-refractivity contribution in [3.05, 3.63) is 59.4 Å². The van der Waals surface area contributed by atoms with Crippen molar-refractivity contribution in [2.75, 3.05) is 13.2 Å². The Labute approximate surface area is 241 Å². The zero-order valence-electron chi connectivity index (χ0n) is 22.6. The standard InChI is InChI=1S/C28H27F8NO5S/c1-16-8-10-24(39,11-9-16)23(38)37-13-12-25(43(40,41)19-5-3-18(29)4-6-19)20-7-2-17(14-21(20)42-15-22(25)37)26(30,27(31,32)33)28(34,35)36/h2-7,14,16,22,39H,8-13,15H2,1H3. The molecule has 2 heterocycles. The lowest BCUT2D eigenvalue weighted by atomic mass is 9.78. The third-order valence-corrected chi connectivity index (χ3v) is 11.6. The molecular weight excluding hydrogens is 614 g/mol. The smallest absolute Gasteiger partial charge is 0.435 e. The zero-order valence-corrected chi connectivity index (χ0v) is 23.4. The topological polar surface area (TPSA) is 83.9 Å². The van der Waals surface area contributed by atoms with Gasteiger partial charge in [-0.2, -0.15) is 26.3 Å².